The zero-order valence-corrected chi connectivity index (χ0v) is 28.6. The van der Waals surface area contributed by atoms with Crippen molar-refractivity contribution in [3.8, 4) is 33.4 Å². The van der Waals surface area contributed by atoms with E-state index >= 15 is 0 Å². The first kappa shape index (κ1) is 30.2. The molecule has 0 saturated carbocycles. The molecule has 244 valence electrons. The summed E-state index contributed by atoms with van der Waals surface area (Å²) in [6, 6.07) is 75.2. The van der Waals surface area contributed by atoms with Gasteiger partial charge >= 0.3 is 0 Å². The summed E-state index contributed by atoms with van der Waals surface area (Å²) in [5, 5.41) is 8.82. The zero-order chi connectivity index (χ0) is 34.5. The maximum Gasteiger partial charge on any atom is 0.0714 e. The lowest BCUT2D eigenvalue weighted by Crippen LogP contribution is -2.28. The first-order valence-corrected chi connectivity index (χ1v) is 18.0. The minimum atomic E-state index is -0.421. The second-order valence-electron chi connectivity index (χ2n) is 13.7. The van der Waals surface area contributed by atoms with Gasteiger partial charge < -0.3 is 5.32 Å². The lowest BCUT2D eigenvalue weighted by Gasteiger charge is -2.34. The summed E-state index contributed by atoms with van der Waals surface area (Å²) in [6.45, 7) is 0. The SMILES string of the molecule is c1ccc(C2(c3ccccc3)c3ccccc3-c3ccc(Nc4ccc(-c5ccc(-c6cccc7ccccc67)c6ccccc56)cc4)cc32)cc1. The van der Waals surface area contributed by atoms with Crippen molar-refractivity contribution >= 4 is 32.9 Å². The Morgan fingerprint density at radius 2 is 0.808 bits per heavy atom. The minimum Gasteiger partial charge on any atom is -0.356 e. The molecule has 1 aliphatic rings. The molecule has 1 heteroatoms. The first-order chi connectivity index (χ1) is 25.8. The monoisotopic (exact) mass is 661 g/mol. The molecule has 0 radical (unpaired) electrons. The molecule has 0 aromatic heterocycles. The van der Waals surface area contributed by atoms with Crippen LogP contribution < -0.4 is 5.32 Å². The van der Waals surface area contributed by atoms with Gasteiger partial charge in [0.1, 0.15) is 0 Å². The Morgan fingerprint density at radius 3 is 1.56 bits per heavy atom. The molecule has 0 unspecified atom stereocenters. The number of benzene rings is 9. The second kappa shape index (κ2) is 12.3. The van der Waals surface area contributed by atoms with Crippen LogP contribution in [-0.2, 0) is 5.41 Å². The van der Waals surface area contributed by atoms with E-state index in [2.05, 4.69) is 212 Å². The number of nitrogens with one attached hydrogen (secondary N) is 1. The van der Waals surface area contributed by atoms with Gasteiger partial charge in [-0.2, -0.15) is 0 Å². The minimum absolute atomic E-state index is 0.421. The molecule has 1 aliphatic carbocycles. The van der Waals surface area contributed by atoms with Crippen molar-refractivity contribution in [3.05, 3.63) is 229 Å². The molecule has 0 atom stereocenters. The fraction of sp³-hybridized carbons (Fsp3) is 0.0196. The summed E-state index contributed by atoms with van der Waals surface area (Å²) in [7, 11) is 0. The summed E-state index contributed by atoms with van der Waals surface area (Å²) in [5.41, 5.74) is 14.4. The molecule has 0 aliphatic heterocycles. The van der Waals surface area contributed by atoms with Crippen molar-refractivity contribution in [1.82, 2.24) is 0 Å². The predicted molar refractivity (Wildman–Crippen MR) is 219 cm³/mol. The smallest absolute Gasteiger partial charge is 0.0714 e. The Labute approximate surface area is 304 Å². The quantitative estimate of drug-likeness (QED) is 0.187. The van der Waals surface area contributed by atoms with Crippen LogP contribution in [0.4, 0.5) is 11.4 Å². The zero-order valence-electron chi connectivity index (χ0n) is 28.6. The van der Waals surface area contributed by atoms with Gasteiger partial charge in [-0.3, -0.25) is 0 Å². The summed E-state index contributed by atoms with van der Waals surface area (Å²) < 4.78 is 0. The highest BCUT2D eigenvalue weighted by Gasteiger charge is 2.46. The lowest BCUT2D eigenvalue weighted by atomic mass is 9.67. The molecular formula is C51H35N. The topological polar surface area (TPSA) is 12.0 Å². The molecule has 0 amide bonds. The van der Waals surface area contributed by atoms with E-state index in [-0.39, 0.29) is 0 Å². The average molecular weight is 662 g/mol. The predicted octanol–water partition coefficient (Wildman–Crippen LogP) is 13.4. The molecule has 0 spiro atoms. The maximum atomic E-state index is 3.76. The highest BCUT2D eigenvalue weighted by atomic mass is 14.9. The van der Waals surface area contributed by atoms with Gasteiger partial charge in [0.15, 0.2) is 0 Å². The fourth-order valence-electron chi connectivity index (χ4n) is 8.67. The average Bonchev–Trinajstić information content (AvgIpc) is 3.51. The Morgan fingerprint density at radius 1 is 0.308 bits per heavy atom. The van der Waals surface area contributed by atoms with E-state index in [1.807, 2.05) is 0 Å². The van der Waals surface area contributed by atoms with Gasteiger partial charge in [-0.25, -0.2) is 0 Å². The van der Waals surface area contributed by atoms with Gasteiger partial charge in [-0.15, -0.1) is 0 Å². The van der Waals surface area contributed by atoms with E-state index in [4.69, 9.17) is 0 Å². The van der Waals surface area contributed by atoms with Crippen LogP contribution in [0.15, 0.2) is 206 Å². The third-order valence-electron chi connectivity index (χ3n) is 10.9. The number of rotatable bonds is 6. The van der Waals surface area contributed by atoms with E-state index < -0.39 is 5.41 Å². The molecule has 1 N–H and O–H groups in total. The Bertz CT molecular complexity index is 2700. The van der Waals surface area contributed by atoms with Crippen molar-refractivity contribution in [1.29, 1.82) is 0 Å². The fourth-order valence-corrected chi connectivity index (χ4v) is 8.67. The number of anilines is 2. The third-order valence-corrected chi connectivity index (χ3v) is 10.9. The van der Waals surface area contributed by atoms with Crippen LogP contribution in [0.5, 0.6) is 0 Å². The summed E-state index contributed by atoms with van der Waals surface area (Å²) in [6.07, 6.45) is 0. The van der Waals surface area contributed by atoms with Crippen LogP contribution in [-0.4, -0.2) is 0 Å². The van der Waals surface area contributed by atoms with Crippen molar-refractivity contribution in [3.63, 3.8) is 0 Å². The highest BCUT2D eigenvalue weighted by Crippen LogP contribution is 2.56. The lowest BCUT2D eigenvalue weighted by molar-refractivity contribution is 0.769. The van der Waals surface area contributed by atoms with Crippen LogP contribution in [0.2, 0.25) is 0 Å². The highest BCUT2D eigenvalue weighted by molar-refractivity contribution is 6.09. The molecule has 10 rings (SSSR count). The molecule has 52 heavy (non-hydrogen) atoms. The van der Waals surface area contributed by atoms with Crippen LogP contribution in [0.1, 0.15) is 22.3 Å². The molecule has 0 fully saturated rings. The van der Waals surface area contributed by atoms with E-state index in [1.165, 1.54) is 77.2 Å². The van der Waals surface area contributed by atoms with Gasteiger partial charge in [0.05, 0.1) is 5.41 Å². The van der Waals surface area contributed by atoms with Crippen molar-refractivity contribution < 1.29 is 0 Å². The van der Waals surface area contributed by atoms with Gasteiger partial charge in [0, 0.05) is 11.4 Å². The van der Waals surface area contributed by atoms with Crippen molar-refractivity contribution in [2.24, 2.45) is 0 Å². The van der Waals surface area contributed by atoms with Gasteiger partial charge in [-0.1, -0.05) is 182 Å². The largest absolute Gasteiger partial charge is 0.356 e. The Kier molecular flexibility index (Phi) is 7.11. The van der Waals surface area contributed by atoms with Crippen LogP contribution in [0.3, 0.4) is 0 Å². The van der Waals surface area contributed by atoms with Gasteiger partial charge in [0.25, 0.3) is 0 Å². The summed E-state index contributed by atoms with van der Waals surface area (Å²) in [4.78, 5) is 0. The standard InChI is InChI=1S/C51H35N/c1-3-16-37(17-4-1)51(38-18-5-2-6-19-38)49-25-12-11-23-47(49)48-31-30-40(34-50(48)51)52-39-28-26-36(27-29-39)42-32-33-46(45-22-10-9-21-43(42)45)44-24-13-15-35-14-7-8-20-41(35)44/h1-34,52H. The van der Waals surface area contributed by atoms with Crippen molar-refractivity contribution in [2.45, 2.75) is 5.41 Å². The van der Waals surface area contributed by atoms with Gasteiger partial charge in [0.2, 0.25) is 0 Å². The summed E-state index contributed by atoms with van der Waals surface area (Å²) >= 11 is 0. The normalized spacial score (nSPS) is 12.8. The van der Waals surface area contributed by atoms with Crippen LogP contribution in [0, 0.1) is 0 Å². The van der Waals surface area contributed by atoms with E-state index in [0.717, 1.165) is 11.4 Å². The van der Waals surface area contributed by atoms with E-state index in [9.17, 15) is 0 Å². The number of hydrogen-bond acceptors (Lipinski definition) is 1. The van der Waals surface area contributed by atoms with Crippen molar-refractivity contribution in [2.75, 3.05) is 5.32 Å². The molecule has 9 aromatic carbocycles. The van der Waals surface area contributed by atoms with E-state index in [0.29, 0.717) is 0 Å². The summed E-state index contributed by atoms with van der Waals surface area (Å²) in [5.74, 6) is 0. The van der Waals surface area contributed by atoms with Crippen LogP contribution >= 0.6 is 0 Å². The Balaban J connectivity index is 1.03. The molecular weight excluding hydrogens is 627 g/mol. The molecule has 9 aromatic rings. The number of hydrogen-bond donors (Lipinski definition) is 1. The van der Waals surface area contributed by atoms with Gasteiger partial charge in [-0.05, 0) is 101 Å². The molecule has 0 saturated heterocycles. The molecule has 0 heterocycles. The number of fused-ring (bicyclic) bond motifs is 5. The van der Waals surface area contributed by atoms with E-state index in [1.54, 1.807) is 0 Å². The van der Waals surface area contributed by atoms with Crippen LogP contribution in [0.25, 0.3) is 54.9 Å². The molecule has 1 nitrogen and oxygen atoms in total. The Hall–Kier alpha value is -6.70. The first-order valence-electron chi connectivity index (χ1n) is 18.0. The maximum absolute atomic E-state index is 3.76. The molecule has 0 bridgehead atoms. The third kappa shape index (κ3) is 4.71. The second-order valence-corrected chi connectivity index (χ2v) is 13.7.